The third-order valence-corrected chi connectivity index (χ3v) is 2.37. The smallest absolute Gasteiger partial charge is 0.239 e. The van der Waals surface area contributed by atoms with Crippen molar-refractivity contribution in [2.75, 3.05) is 10.7 Å². The summed E-state index contributed by atoms with van der Waals surface area (Å²) in [6, 6.07) is 3.66. The van der Waals surface area contributed by atoms with Crippen molar-refractivity contribution >= 4 is 29.1 Å². The van der Waals surface area contributed by atoms with Crippen molar-refractivity contribution in [3.8, 4) is 0 Å². The van der Waals surface area contributed by atoms with Crippen LogP contribution >= 0.6 is 11.6 Å². The zero-order valence-electron chi connectivity index (χ0n) is 8.92. The van der Waals surface area contributed by atoms with E-state index in [0.29, 0.717) is 5.69 Å². The van der Waals surface area contributed by atoms with Gasteiger partial charge in [0.05, 0.1) is 16.9 Å². The summed E-state index contributed by atoms with van der Waals surface area (Å²) in [6.07, 6.45) is 0.946. The number of hydrazine groups is 1. The van der Waals surface area contributed by atoms with E-state index >= 15 is 0 Å². The molecular formula is C10H8ClF2N5. The number of hydrogen-bond donors (Lipinski definition) is 3. The summed E-state index contributed by atoms with van der Waals surface area (Å²) in [5.74, 6) is 3.86. The molecule has 0 aliphatic rings. The van der Waals surface area contributed by atoms with Crippen LogP contribution in [0.15, 0.2) is 24.4 Å². The van der Waals surface area contributed by atoms with Crippen molar-refractivity contribution < 1.29 is 8.78 Å². The number of halogens is 3. The van der Waals surface area contributed by atoms with E-state index in [9.17, 15) is 8.78 Å². The molecule has 0 aliphatic carbocycles. The lowest BCUT2D eigenvalue weighted by atomic mass is 10.3. The van der Waals surface area contributed by atoms with Crippen molar-refractivity contribution in [2.45, 2.75) is 0 Å². The summed E-state index contributed by atoms with van der Waals surface area (Å²) in [4.78, 5) is 7.34. The topological polar surface area (TPSA) is 75.9 Å². The van der Waals surface area contributed by atoms with Gasteiger partial charge in [0.25, 0.3) is 0 Å². The third-order valence-electron chi connectivity index (χ3n) is 2.06. The van der Waals surface area contributed by atoms with E-state index in [-0.39, 0.29) is 16.8 Å². The Balaban J connectivity index is 2.33. The predicted octanol–water partition coefficient (Wildman–Crippen LogP) is 2.44. The maximum Gasteiger partial charge on any atom is 0.239 e. The van der Waals surface area contributed by atoms with Crippen LogP contribution in [0.1, 0.15) is 0 Å². The molecule has 0 aliphatic heterocycles. The van der Waals surface area contributed by atoms with Crippen LogP contribution in [0, 0.1) is 11.6 Å². The van der Waals surface area contributed by atoms with Crippen LogP contribution in [-0.4, -0.2) is 9.97 Å². The maximum atomic E-state index is 13.4. The predicted molar refractivity (Wildman–Crippen MR) is 64.5 cm³/mol. The number of nitrogens with zero attached hydrogens (tertiary/aromatic N) is 2. The average molecular weight is 272 g/mol. The SMILES string of the molecule is NNc1ncc(F)c(Nc2ccc(F)cc2Cl)n1. The molecule has 2 rings (SSSR count). The second-order valence-electron chi connectivity index (χ2n) is 3.28. The quantitative estimate of drug-likeness (QED) is 0.590. The van der Waals surface area contributed by atoms with E-state index in [4.69, 9.17) is 17.4 Å². The van der Waals surface area contributed by atoms with Crippen molar-refractivity contribution in [3.63, 3.8) is 0 Å². The molecule has 0 bridgehead atoms. The molecule has 1 aromatic carbocycles. The number of nitrogens with one attached hydrogen (secondary N) is 2. The molecule has 0 saturated heterocycles. The molecule has 1 heterocycles. The molecule has 0 atom stereocenters. The van der Waals surface area contributed by atoms with Crippen LogP contribution < -0.4 is 16.6 Å². The Morgan fingerprint density at radius 3 is 2.72 bits per heavy atom. The molecule has 0 radical (unpaired) electrons. The van der Waals surface area contributed by atoms with Crippen LogP contribution in [0.25, 0.3) is 0 Å². The number of nitrogen functional groups attached to an aromatic ring is 1. The standard InChI is InChI=1S/C10H8ClF2N5/c11-6-3-5(12)1-2-8(6)16-9-7(13)4-15-10(17-9)18-14/h1-4H,14H2,(H2,15,16,17,18). The summed E-state index contributed by atoms with van der Waals surface area (Å²) in [6.45, 7) is 0. The molecule has 8 heteroatoms. The zero-order valence-corrected chi connectivity index (χ0v) is 9.67. The fraction of sp³-hybridized carbons (Fsp3) is 0. The minimum absolute atomic E-state index is 0.0390. The molecule has 0 amide bonds. The number of anilines is 3. The number of hydrogen-bond acceptors (Lipinski definition) is 5. The molecule has 4 N–H and O–H groups in total. The second kappa shape index (κ2) is 5.11. The Kier molecular flexibility index (Phi) is 3.54. The first-order valence-electron chi connectivity index (χ1n) is 4.81. The Morgan fingerprint density at radius 1 is 1.28 bits per heavy atom. The van der Waals surface area contributed by atoms with E-state index in [1.54, 1.807) is 0 Å². The first-order valence-corrected chi connectivity index (χ1v) is 5.19. The van der Waals surface area contributed by atoms with Gasteiger partial charge in [-0.15, -0.1) is 0 Å². The molecule has 5 nitrogen and oxygen atoms in total. The van der Waals surface area contributed by atoms with E-state index in [0.717, 1.165) is 12.3 Å². The van der Waals surface area contributed by atoms with Crippen molar-refractivity contribution in [1.82, 2.24) is 9.97 Å². The maximum absolute atomic E-state index is 13.4. The van der Waals surface area contributed by atoms with Gasteiger partial charge >= 0.3 is 0 Å². The van der Waals surface area contributed by atoms with Crippen LogP contribution in [-0.2, 0) is 0 Å². The van der Waals surface area contributed by atoms with E-state index in [1.165, 1.54) is 12.1 Å². The highest BCUT2D eigenvalue weighted by Gasteiger charge is 2.09. The zero-order chi connectivity index (χ0) is 13.1. The van der Waals surface area contributed by atoms with Gasteiger partial charge in [0.1, 0.15) is 5.82 Å². The molecule has 1 aromatic heterocycles. The largest absolute Gasteiger partial charge is 0.336 e. The highest BCUT2D eigenvalue weighted by Crippen LogP contribution is 2.26. The highest BCUT2D eigenvalue weighted by molar-refractivity contribution is 6.33. The normalized spacial score (nSPS) is 10.2. The fourth-order valence-corrected chi connectivity index (χ4v) is 1.46. The van der Waals surface area contributed by atoms with Gasteiger partial charge in [0.2, 0.25) is 5.95 Å². The average Bonchev–Trinajstić information content (AvgIpc) is 2.35. The Labute approximate surface area is 106 Å². The first kappa shape index (κ1) is 12.5. The van der Waals surface area contributed by atoms with Crippen LogP contribution in [0.2, 0.25) is 5.02 Å². The Morgan fingerprint density at radius 2 is 2.06 bits per heavy atom. The highest BCUT2D eigenvalue weighted by atomic mass is 35.5. The molecule has 18 heavy (non-hydrogen) atoms. The summed E-state index contributed by atoms with van der Waals surface area (Å²) in [7, 11) is 0. The minimum Gasteiger partial charge on any atom is -0.336 e. The van der Waals surface area contributed by atoms with Gasteiger partial charge in [-0.1, -0.05) is 11.6 Å². The number of nitrogens with two attached hydrogens (primary N) is 1. The Hall–Kier alpha value is -1.99. The van der Waals surface area contributed by atoms with Gasteiger partial charge in [-0.25, -0.2) is 19.6 Å². The van der Waals surface area contributed by atoms with E-state index in [1.807, 2.05) is 0 Å². The Bertz CT molecular complexity index is 578. The lowest BCUT2D eigenvalue weighted by molar-refractivity contribution is 0.619. The van der Waals surface area contributed by atoms with Gasteiger partial charge in [-0.3, -0.25) is 5.43 Å². The lowest BCUT2D eigenvalue weighted by Crippen LogP contribution is -2.12. The summed E-state index contributed by atoms with van der Waals surface area (Å²) >= 11 is 5.80. The number of aromatic nitrogens is 2. The van der Waals surface area contributed by atoms with Crippen LogP contribution in [0.4, 0.5) is 26.2 Å². The van der Waals surface area contributed by atoms with E-state index < -0.39 is 11.6 Å². The molecule has 0 fully saturated rings. The number of rotatable bonds is 3. The van der Waals surface area contributed by atoms with Crippen molar-refractivity contribution in [2.24, 2.45) is 5.84 Å². The number of benzene rings is 1. The van der Waals surface area contributed by atoms with Gasteiger partial charge in [-0.2, -0.15) is 4.98 Å². The second-order valence-corrected chi connectivity index (χ2v) is 3.69. The summed E-state index contributed by atoms with van der Waals surface area (Å²) in [5, 5.41) is 2.73. The van der Waals surface area contributed by atoms with Gasteiger partial charge in [-0.05, 0) is 18.2 Å². The summed E-state index contributed by atoms with van der Waals surface area (Å²) < 4.78 is 26.3. The van der Waals surface area contributed by atoms with Gasteiger partial charge < -0.3 is 5.32 Å². The molecule has 0 unspecified atom stereocenters. The van der Waals surface area contributed by atoms with Gasteiger partial charge in [0, 0.05) is 0 Å². The van der Waals surface area contributed by atoms with Crippen LogP contribution in [0.5, 0.6) is 0 Å². The molecule has 2 aromatic rings. The third kappa shape index (κ3) is 2.63. The fourth-order valence-electron chi connectivity index (χ4n) is 1.24. The van der Waals surface area contributed by atoms with Crippen LogP contribution in [0.3, 0.4) is 0 Å². The first-order chi connectivity index (χ1) is 8.60. The lowest BCUT2D eigenvalue weighted by Gasteiger charge is -2.09. The summed E-state index contributed by atoms with van der Waals surface area (Å²) in [5.41, 5.74) is 2.50. The molecular weight excluding hydrogens is 264 g/mol. The van der Waals surface area contributed by atoms with Gasteiger partial charge in [0.15, 0.2) is 11.6 Å². The molecule has 0 saturated carbocycles. The molecule has 94 valence electrons. The monoisotopic (exact) mass is 271 g/mol. The van der Waals surface area contributed by atoms with Crippen molar-refractivity contribution in [3.05, 3.63) is 41.1 Å². The molecule has 0 spiro atoms. The van der Waals surface area contributed by atoms with Crippen molar-refractivity contribution in [1.29, 1.82) is 0 Å². The minimum atomic E-state index is -0.686. The van der Waals surface area contributed by atoms with E-state index in [2.05, 4.69) is 20.7 Å².